The molecule has 1 aliphatic heterocycles. The van der Waals surface area contributed by atoms with Gasteiger partial charge < -0.3 is 19.5 Å². The van der Waals surface area contributed by atoms with Gasteiger partial charge in [0.25, 0.3) is 5.91 Å². The third kappa shape index (κ3) is 6.19. The second-order valence-electron chi connectivity index (χ2n) is 7.91. The predicted molar refractivity (Wildman–Crippen MR) is 132 cm³/mol. The van der Waals surface area contributed by atoms with Gasteiger partial charge in [-0.2, -0.15) is 4.31 Å². The standard InChI is InChI=1S/C26H28N2O6S/c1-2-24(33-20-9-5-3-6-10-20)26(29)27-23-19-22(35(30,31)28-15-17-32-18-16-28)13-14-25(23)34-21-11-7-4-8-12-21/h3-14,19,24H,2,15-18H2,1H3,(H,27,29)/t24-/m1/s1. The van der Waals surface area contributed by atoms with Crippen LogP contribution >= 0.6 is 0 Å². The number of para-hydroxylation sites is 2. The van der Waals surface area contributed by atoms with E-state index in [1.165, 1.54) is 16.4 Å². The van der Waals surface area contributed by atoms with Crippen LogP contribution in [0.4, 0.5) is 5.69 Å². The second kappa shape index (κ2) is 11.4. The molecule has 4 rings (SSSR count). The summed E-state index contributed by atoms with van der Waals surface area (Å²) in [5.74, 6) is 1.04. The smallest absolute Gasteiger partial charge is 0.265 e. The van der Waals surface area contributed by atoms with E-state index >= 15 is 0 Å². The molecule has 9 heteroatoms. The third-order valence-electron chi connectivity index (χ3n) is 5.47. The fraction of sp³-hybridized carbons (Fsp3) is 0.269. The van der Waals surface area contributed by atoms with E-state index in [1.807, 2.05) is 43.3 Å². The van der Waals surface area contributed by atoms with Crippen LogP contribution < -0.4 is 14.8 Å². The van der Waals surface area contributed by atoms with Crippen LogP contribution in [-0.2, 0) is 19.6 Å². The van der Waals surface area contributed by atoms with E-state index < -0.39 is 22.0 Å². The van der Waals surface area contributed by atoms with Gasteiger partial charge >= 0.3 is 0 Å². The van der Waals surface area contributed by atoms with Crippen LogP contribution in [0.2, 0.25) is 0 Å². The Bertz CT molecular complexity index is 1230. The highest BCUT2D eigenvalue weighted by Crippen LogP contribution is 2.33. The SMILES string of the molecule is CC[C@@H](Oc1ccccc1)C(=O)Nc1cc(S(=O)(=O)N2CCOCC2)ccc1Oc1ccccc1. The van der Waals surface area contributed by atoms with Crippen LogP contribution in [-0.4, -0.2) is 51.0 Å². The molecule has 184 valence electrons. The van der Waals surface area contributed by atoms with Gasteiger partial charge in [0.2, 0.25) is 10.0 Å². The van der Waals surface area contributed by atoms with E-state index in [-0.39, 0.29) is 23.7 Å². The summed E-state index contributed by atoms with van der Waals surface area (Å²) in [7, 11) is -3.77. The van der Waals surface area contributed by atoms with Gasteiger partial charge in [-0.15, -0.1) is 0 Å². The van der Waals surface area contributed by atoms with E-state index in [2.05, 4.69) is 5.32 Å². The average molecular weight is 497 g/mol. The summed E-state index contributed by atoms with van der Waals surface area (Å²) < 4.78 is 44.9. The molecular formula is C26H28N2O6S. The number of carbonyl (C=O) groups is 1. The van der Waals surface area contributed by atoms with Crippen molar-refractivity contribution in [2.75, 3.05) is 31.6 Å². The number of hydrogen-bond donors (Lipinski definition) is 1. The van der Waals surface area contributed by atoms with Gasteiger partial charge in [-0.25, -0.2) is 8.42 Å². The summed E-state index contributed by atoms with van der Waals surface area (Å²) >= 11 is 0. The molecule has 1 saturated heterocycles. The number of rotatable bonds is 9. The molecule has 3 aromatic rings. The Morgan fingerprint density at radius 1 is 0.971 bits per heavy atom. The second-order valence-corrected chi connectivity index (χ2v) is 9.84. The number of anilines is 1. The van der Waals surface area contributed by atoms with Gasteiger partial charge in [0.05, 0.1) is 23.8 Å². The first kappa shape index (κ1) is 24.7. The van der Waals surface area contributed by atoms with Crippen LogP contribution in [0.1, 0.15) is 13.3 Å². The molecule has 1 aliphatic rings. The summed E-state index contributed by atoms with van der Waals surface area (Å²) in [4.78, 5) is 13.2. The first-order chi connectivity index (χ1) is 17.0. The fourth-order valence-corrected chi connectivity index (χ4v) is 5.04. The lowest BCUT2D eigenvalue weighted by atomic mass is 10.2. The van der Waals surface area contributed by atoms with Gasteiger partial charge in [-0.3, -0.25) is 4.79 Å². The highest BCUT2D eigenvalue weighted by molar-refractivity contribution is 7.89. The minimum absolute atomic E-state index is 0.0622. The van der Waals surface area contributed by atoms with Crippen LogP contribution in [0.25, 0.3) is 0 Å². The van der Waals surface area contributed by atoms with Gasteiger partial charge in [0.1, 0.15) is 11.5 Å². The van der Waals surface area contributed by atoms with E-state index in [1.54, 1.807) is 30.3 Å². The molecule has 0 aromatic heterocycles. The van der Waals surface area contributed by atoms with Crippen molar-refractivity contribution in [2.45, 2.75) is 24.3 Å². The molecule has 1 N–H and O–H groups in total. The zero-order chi connectivity index (χ0) is 24.7. The summed E-state index contributed by atoms with van der Waals surface area (Å²) in [6, 6.07) is 22.6. The topological polar surface area (TPSA) is 94.2 Å². The van der Waals surface area contributed by atoms with E-state index in [0.29, 0.717) is 36.9 Å². The molecule has 8 nitrogen and oxygen atoms in total. The molecule has 1 atom stereocenters. The number of carbonyl (C=O) groups excluding carboxylic acids is 1. The molecule has 1 amide bonds. The molecule has 0 unspecified atom stereocenters. The molecule has 3 aromatic carbocycles. The lowest BCUT2D eigenvalue weighted by Gasteiger charge is -2.26. The Balaban J connectivity index is 1.63. The number of ether oxygens (including phenoxy) is 3. The molecule has 35 heavy (non-hydrogen) atoms. The summed E-state index contributed by atoms with van der Waals surface area (Å²) in [5, 5.41) is 2.82. The number of nitrogens with one attached hydrogen (secondary N) is 1. The van der Waals surface area contributed by atoms with Crippen molar-refractivity contribution in [3.8, 4) is 17.2 Å². The molecule has 0 bridgehead atoms. The number of hydrogen-bond acceptors (Lipinski definition) is 6. The van der Waals surface area contributed by atoms with Gasteiger partial charge in [-0.1, -0.05) is 43.3 Å². The van der Waals surface area contributed by atoms with Gasteiger partial charge in [0, 0.05) is 13.1 Å². The van der Waals surface area contributed by atoms with Crippen molar-refractivity contribution in [3.05, 3.63) is 78.9 Å². The van der Waals surface area contributed by atoms with Crippen molar-refractivity contribution in [2.24, 2.45) is 0 Å². The molecular weight excluding hydrogens is 468 g/mol. The molecule has 0 aliphatic carbocycles. The summed E-state index contributed by atoms with van der Waals surface area (Å²) in [6.45, 7) is 3.07. The van der Waals surface area contributed by atoms with Crippen molar-refractivity contribution >= 4 is 21.6 Å². The number of nitrogens with zero attached hydrogens (tertiary/aromatic N) is 1. The number of amides is 1. The average Bonchev–Trinajstić information content (AvgIpc) is 2.90. The zero-order valence-corrected chi connectivity index (χ0v) is 20.2. The Morgan fingerprint density at radius 2 is 1.60 bits per heavy atom. The monoisotopic (exact) mass is 496 g/mol. The largest absolute Gasteiger partial charge is 0.481 e. The lowest BCUT2D eigenvalue weighted by Crippen LogP contribution is -2.40. The number of benzene rings is 3. The Labute approximate surface area is 205 Å². The van der Waals surface area contributed by atoms with Crippen molar-refractivity contribution in [3.63, 3.8) is 0 Å². The first-order valence-electron chi connectivity index (χ1n) is 11.4. The van der Waals surface area contributed by atoms with Crippen molar-refractivity contribution in [1.82, 2.24) is 4.31 Å². The van der Waals surface area contributed by atoms with Crippen LogP contribution in [0.15, 0.2) is 83.8 Å². The van der Waals surface area contributed by atoms with Gasteiger partial charge in [-0.05, 0) is 48.9 Å². The Kier molecular flexibility index (Phi) is 8.02. The maximum atomic E-state index is 13.2. The third-order valence-corrected chi connectivity index (χ3v) is 7.37. The molecule has 0 radical (unpaired) electrons. The van der Waals surface area contributed by atoms with Crippen LogP contribution in [0.5, 0.6) is 17.2 Å². The quantitative estimate of drug-likeness (QED) is 0.475. The van der Waals surface area contributed by atoms with Crippen molar-refractivity contribution in [1.29, 1.82) is 0 Å². The minimum Gasteiger partial charge on any atom is -0.481 e. The van der Waals surface area contributed by atoms with E-state index in [4.69, 9.17) is 14.2 Å². The number of sulfonamides is 1. The van der Waals surface area contributed by atoms with Crippen molar-refractivity contribution < 1.29 is 27.4 Å². The molecule has 0 saturated carbocycles. The van der Waals surface area contributed by atoms with E-state index in [0.717, 1.165) is 0 Å². The van der Waals surface area contributed by atoms with Crippen LogP contribution in [0, 0.1) is 0 Å². The normalized spacial score (nSPS) is 15.2. The lowest BCUT2D eigenvalue weighted by molar-refractivity contribution is -0.122. The number of morpholine rings is 1. The molecule has 1 fully saturated rings. The first-order valence-corrected chi connectivity index (χ1v) is 12.9. The summed E-state index contributed by atoms with van der Waals surface area (Å²) in [6.07, 6.45) is -0.358. The molecule has 0 spiro atoms. The minimum atomic E-state index is -3.77. The van der Waals surface area contributed by atoms with Crippen LogP contribution in [0.3, 0.4) is 0 Å². The fourth-order valence-electron chi connectivity index (χ4n) is 3.61. The highest BCUT2D eigenvalue weighted by Gasteiger charge is 2.28. The predicted octanol–water partition coefficient (Wildman–Crippen LogP) is 4.30. The highest BCUT2D eigenvalue weighted by atomic mass is 32.2. The van der Waals surface area contributed by atoms with E-state index in [9.17, 15) is 13.2 Å². The Hall–Kier alpha value is -3.40. The Morgan fingerprint density at radius 3 is 2.23 bits per heavy atom. The summed E-state index contributed by atoms with van der Waals surface area (Å²) in [5.41, 5.74) is 0.239. The molecule has 1 heterocycles. The van der Waals surface area contributed by atoms with Gasteiger partial charge in [0.15, 0.2) is 11.9 Å². The maximum absolute atomic E-state index is 13.2. The maximum Gasteiger partial charge on any atom is 0.265 e. The zero-order valence-electron chi connectivity index (χ0n) is 19.4.